The van der Waals surface area contributed by atoms with Crippen molar-refractivity contribution in [2.24, 2.45) is 17.3 Å². The number of hydrogen-bond donors (Lipinski definition) is 0. The summed E-state index contributed by atoms with van der Waals surface area (Å²) in [5.41, 5.74) is 2.06. The number of rotatable bonds is 3. The summed E-state index contributed by atoms with van der Waals surface area (Å²) in [4.78, 5) is 1.51. The molecule has 0 radical (unpaired) electrons. The van der Waals surface area contributed by atoms with Gasteiger partial charge >= 0.3 is 0 Å². The predicted octanol–water partition coefficient (Wildman–Crippen LogP) is 5.31. The van der Waals surface area contributed by atoms with Crippen molar-refractivity contribution < 1.29 is 0 Å². The normalized spacial score (nSPS) is 39.7. The van der Waals surface area contributed by atoms with Crippen LogP contribution in [0.4, 0.5) is 0 Å². The van der Waals surface area contributed by atoms with Crippen LogP contribution in [0.15, 0.2) is 29.2 Å². The number of fused-ring (bicyclic) bond motifs is 3. The highest BCUT2D eigenvalue weighted by Gasteiger charge is 2.51. The fraction of sp³-hybridized carbons (Fsp3) is 0.647. The van der Waals surface area contributed by atoms with E-state index in [9.17, 15) is 0 Å². The number of halogens is 1. The van der Waals surface area contributed by atoms with Gasteiger partial charge in [-0.25, -0.2) is 0 Å². The summed E-state index contributed by atoms with van der Waals surface area (Å²) in [5, 5.41) is 0. The molecule has 4 atom stereocenters. The van der Waals surface area contributed by atoms with Crippen molar-refractivity contribution in [3.8, 4) is 0 Å². The smallest absolute Gasteiger partial charge is 0.0282 e. The van der Waals surface area contributed by atoms with Crippen molar-refractivity contribution in [1.29, 1.82) is 0 Å². The van der Waals surface area contributed by atoms with Gasteiger partial charge in [-0.15, -0.1) is 23.4 Å². The molecule has 3 aliphatic rings. The van der Waals surface area contributed by atoms with E-state index in [2.05, 4.69) is 24.3 Å². The maximum atomic E-state index is 6.46. The van der Waals surface area contributed by atoms with E-state index >= 15 is 0 Å². The quantitative estimate of drug-likeness (QED) is 0.680. The molecule has 2 saturated carbocycles. The third-order valence-corrected chi connectivity index (χ3v) is 7.60. The summed E-state index contributed by atoms with van der Waals surface area (Å²) in [6.45, 7) is 0. The number of alkyl halides is 1. The summed E-state index contributed by atoms with van der Waals surface area (Å²) < 4.78 is 0. The van der Waals surface area contributed by atoms with Crippen molar-refractivity contribution in [2.45, 2.75) is 42.9 Å². The van der Waals surface area contributed by atoms with E-state index in [-0.39, 0.29) is 0 Å². The van der Waals surface area contributed by atoms with E-state index in [1.165, 1.54) is 42.8 Å². The first-order valence-electron chi connectivity index (χ1n) is 7.58. The first-order valence-corrected chi connectivity index (χ1v) is 9.10. The van der Waals surface area contributed by atoms with Crippen molar-refractivity contribution in [1.82, 2.24) is 0 Å². The van der Waals surface area contributed by atoms with E-state index < -0.39 is 0 Å². The lowest BCUT2D eigenvalue weighted by molar-refractivity contribution is 0.168. The molecule has 1 heterocycles. The topological polar surface area (TPSA) is 0 Å². The molecule has 1 aromatic carbocycles. The average Bonchev–Trinajstić information content (AvgIpc) is 3.14. The summed E-state index contributed by atoms with van der Waals surface area (Å²) in [7, 11) is 0. The minimum Gasteiger partial charge on any atom is -0.126 e. The summed E-state index contributed by atoms with van der Waals surface area (Å²) >= 11 is 8.50. The Hall–Kier alpha value is -0.140. The minimum absolute atomic E-state index is 0.465. The van der Waals surface area contributed by atoms with Crippen molar-refractivity contribution >= 4 is 23.4 Å². The van der Waals surface area contributed by atoms with Gasteiger partial charge in [0.2, 0.25) is 0 Å². The monoisotopic (exact) mass is 292 g/mol. The van der Waals surface area contributed by atoms with E-state index in [0.29, 0.717) is 5.41 Å². The van der Waals surface area contributed by atoms with Crippen LogP contribution in [0.3, 0.4) is 0 Å². The molecular weight excluding hydrogens is 272 g/mol. The van der Waals surface area contributed by atoms with Crippen LogP contribution in [0.1, 0.15) is 43.6 Å². The largest absolute Gasteiger partial charge is 0.126 e. The molecule has 1 aromatic rings. The van der Waals surface area contributed by atoms with Crippen LogP contribution in [-0.4, -0.2) is 11.6 Å². The fourth-order valence-corrected chi connectivity index (χ4v) is 6.61. The highest BCUT2D eigenvalue weighted by atomic mass is 35.5. The van der Waals surface area contributed by atoms with Crippen LogP contribution < -0.4 is 0 Å². The van der Waals surface area contributed by atoms with Gasteiger partial charge in [0.25, 0.3) is 0 Å². The van der Waals surface area contributed by atoms with Gasteiger partial charge in [-0.05, 0) is 60.5 Å². The third kappa shape index (κ3) is 1.96. The van der Waals surface area contributed by atoms with Gasteiger partial charge in [0.05, 0.1) is 0 Å². The third-order valence-electron chi connectivity index (χ3n) is 5.82. The lowest BCUT2D eigenvalue weighted by Crippen LogP contribution is -2.31. The Morgan fingerprint density at radius 3 is 2.89 bits per heavy atom. The second-order valence-corrected chi connectivity index (χ2v) is 8.16. The Morgan fingerprint density at radius 1 is 1.26 bits per heavy atom. The number of hydrogen-bond acceptors (Lipinski definition) is 1. The Kier molecular flexibility index (Phi) is 3.12. The van der Waals surface area contributed by atoms with E-state index in [1.807, 2.05) is 11.8 Å². The number of benzene rings is 1. The zero-order valence-corrected chi connectivity index (χ0v) is 12.8. The maximum absolute atomic E-state index is 6.46. The zero-order valence-electron chi connectivity index (χ0n) is 11.3. The molecule has 2 aliphatic carbocycles. The molecule has 0 saturated heterocycles. The van der Waals surface area contributed by atoms with E-state index in [1.54, 1.807) is 5.56 Å². The van der Waals surface area contributed by atoms with Crippen LogP contribution in [0, 0.1) is 17.3 Å². The van der Waals surface area contributed by atoms with Crippen LogP contribution in [-0.2, 0) is 0 Å². The second-order valence-electron chi connectivity index (χ2n) is 6.83. The van der Waals surface area contributed by atoms with Crippen LogP contribution >= 0.6 is 23.4 Å². The molecule has 0 aromatic heterocycles. The fourth-order valence-electron chi connectivity index (χ4n) is 4.92. The van der Waals surface area contributed by atoms with Crippen molar-refractivity contribution in [3.63, 3.8) is 0 Å². The molecule has 2 heteroatoms. The first kappa shape index (κ1) is 12.6. The molecule has 0 spiro atoms. The minimum atomic E-state index is 0.465. The molecule has 4 rings (SSSR count). The maximum Gasteiger partial charge on any atom is 0.0282 e. The average molecular weight is 293 g/mol. The van der Waals surface area contributed by atoms with Gasteiger partial charge in [-0.1, -0.05) is 24.6 Å². The van der Waals surface area contributed by atoms with Gasteiger partial charge in [-0.3, -0.25) is 0 Å². The van der Waals surface area contributed by atoms with Gasteiger partial charge in [0.15, 0.2) is 0 Å². The molecule has 4 unspecified atom stereocenters. The molecule has 19 heavy (non-hydrogen) atoms. The Bertz CT molecular complexity index is 486. The molecule has 1 aliphatic heterocycles. The van der Waals surface area contributed by atoms with Gasteiger partial charge in [-0.2, -0.15) is 0 Å². The highest BCUT2D eigenvalue weighted by molar-refractivity contribution is 7.99. The standard InChI is InChI=1S/C17H21ClS/c18-11-17(8-12-5-6-14(17)7-12)9-13-10-19-16-4-2-1-3-15(13)16/h1-4,12-14H,5-11H2. The molecule has 0 N–H and O–H groups in total. The molecule has 0 nitrogen and oxygen atoms in total. The molecule has 2 bridgehead atoms. The summed E-state index contributed by atoms with van der Waals surface area (Å²) in [6, 6.07) is 9.00. The Balaban J connectivity index is 1.59. The lowest BCUT2D eigenvalue weighted by atomic mass is 9.68. The highest BCUT2D eigenvalue weighted by Crippen LogP contribution is 2.60. The van der Waals surface area contributed by atoms with Crippen LogP contribution in [0.5, 0.6) is 0 Å². The van der Waals surface area contributed by atoms with Crippen LogP contribution in [0.2, 0.25) is 0 Å². The summed E-state index contributed by atoms with van der Waals surface area (Å²) in [5.74, 6) is 4.83. The van der Waals surface area contributed by atoms with Crippen LogP contribution in [0.25, 0.3) is 0 Å². The zero-order chi connectivity index (χ0) is 12.9. The van der Waals surface area contributed by atoms with Crippen molar-refractivity contribution in [2.75, 3.05) is 11.6 Å². The molecule has 102 valence electrons. The molecule has 2 fully saturated rings. The van der Waals surface area contributed by atoms with E-state index in [4.69, 9.17) is 11.6 Å². The lowest BCUT2D eigenvalue weighted by Gasteiger charge is -2.38. The van der Waals surface area contributed by atoms with Gasteiger partial charge in [0.1, 0.15) is 0 Å². The number of thioether (sulfide) groups is 1. The van der Waals surface area contributed by atoms with E-state index in [0.717, 1.165) is 23.6 Å². The Labute approximate surface area is 125 Å². The predicted molar refractivity (Wildman–Crippen MR) is 83.1 cm³/mol. The summed E-state index contributed by atoms with van der Waals surface area (Å²) in [6.07, 6.45) is 7.12. The second kappa shape index (κ2) is 4.70. The molecule has 0 amide bonds. The first-order chi connectivity index (χ1) is 9.31. The van der Waals surface area contributed by atoms with Gasteiger partial charge < -0.3 is 0 Å². The SMILES string of the molecule is ClCC1(CC2CSc3ccccc32)CC2CCC1C2. The molecular formula is C17H21ClS. The van der Waals surface area contributed by atoms with Gasteiger partial charge in [0, 0.05) is 16.5 Å². The Morgan fingerprint density at radius 2 is 2.16 bits per heavy atom. The van der Waals surface area contributed by atoms with Crippen molar-refractivity contribution in [3.05, 3.63) is 29.8 Å².